The second kappa shape index (κ2) is 4.00. The van der Waals surface area contributed by atoms with Crippen molar-refractivity contribution in [3.63, 3.8) is 0 Å². The molecule has 1 aromatic carbocycles. The molecule has 5 heteroatoms. The maximum atomic E-state index is 10.7. The molecule has 76 valence electrons. The summed E-state index contributed by atoms with van der Waals surface area (Å²) in [5.74, 6) is 0.428. The molecule has 0 spiro atoms. The lowest BCUT2D eigenvalue weighted by atomic mass is 10.1. The third-order valence-corrected chi connectivity index (χ3v) is 2.11. The van der Waals surface area contributed by atoms with Crippen LogP contribution in [-0.2, 0) is 6.42 Å². The number of rotatable bonds is 2. The van der Waals surface area contributed by atoms with E-state index in [0.29, 0.717) is 5.82 Å². The van der Waals surface area contributed by atoms with Crippen molar-refractivity contribution in [3.8, 4) is 11.4 Å². The lowest BCUT2D eigenvalue weighted by Gasteiger charge is -1.99. The summed E-state index contributed by atoms with van der Waals surface area (Å²) in [5.41, 5.74) is 1.55. The first kappa shape index (κ1) is 9.51. The van der Waals surface area contributed by atoms with Crippen LogP contribution in [0, 0.1) is 0 Å². The van der Waals surface area contributed by atoms with Gasteiger partial charge in [-0.25, -0.2) is 9.89 Å². The Balaban J connectivity index is 2.37. The minimum absolute atomic E-state index is 0.428. The minimum Gasteiger partial charge on any atom is -0.243 e. The van der Waals surface area contributed by atoms with E-state index < -0.39 is 5.69 Å². The molecule has 0 unspecified atom stereocenters. The van der Waals surface area contributed by atoms with Gasteiger partial charge in [-0.2, -0.15) is 0 Å². The lowest BCUT2D eigenvalue weighted by molar-refractivity contribution is 0.818. The molecule has 0 radical (unpaired) electrons. The number of hydrogen-bond acceptors (Lipinski definition) is 4. The van der Waals surface area contributed by atoms with Crippen molar-refractivity contribution in [1.82, 2.24) is 20.4 Å². The molecule has 2 aromatic rings. The number of benzene rings is 1. The highest BCUT2D eigenvalue weighted by molar-refractivity contribution is 5.53. The number of aromatic nitrogens is 4. The molecule has 0 fully saturated rings. The molecule has 0 saturated heterocycles. The van der Waals surface area contributed by atoms with Gasteiger partial charge in [0.25, 0.3) is 0 Å². The number of hydrogen-bond donors (Lipinski definition) is 1. The molecule has 1 heterocycles. The Morgan fingerprint density at radius 3 is 2.47 bits per heavy atom. The van der Waals surface area contributed by atoms with E-state index >= 15 is 0 Å². The highest BCUT2D eigenvalue weighted by Crippen LogP contribution is 2.13. The van der Waals surface area contributed by atoms with E-state index in [1.165, 1.54) is 5.56 Å². The number of aryl methyl sites for hydroxylation is 1. The SMILES string of the molecule is CCc1ccc(-c2nnc(=O)[nH]n2)cc1. The van der Waals surface area contributed by atoms with E-state index in [9.17, 15) is 4.79 Å². The standard InChI is InChI=1S/C10H10N4O/c1-2-7-3-5-8(6-4-7)9-11-13-10(15)14-12-9/h3-6H,2H2,1H3,(H,13,14,15). The summed E-state index contributed by atoms with van der Waals surface area (Å²) in [6, 6.07) is 7.83. The fraction of sp³-hybridized carbons (Fsp3) is 0.200. The Morgan fingerprint density at radius 2 is 1.93 bits per heavy atom. The van der Waals surface area contributed by atoms with Gasteiger partial charge in [0.2, 0.25) is 5.82 Å². The average Bonchev–Trinajstić information content (AvgIpc) is 2.30. The number of nitrogens with one attached hydrogen (secondary N) is 1. The Hall–Kier alpha value is -2.04. The third kappa shape index (κ3) is 2.07. The third-order valence-electron chi connectivity index (χ3n) is 2.11. The quantitative estimate of drug-likeness (QED) is 0.781. The molecule has 1 aromatic heterocycles. The van der Waals surface area contributed by atoms with Gasteiger partial charge in [-0.3, -0.25) is 0 Å². The summed E-state index contributed by atoms with van der Waals surface area (Å²) in [6.45, 7) is 2.09. The van der Waals surface area contributed by atoms with E-state index in [1.807, 2.05) is 24.3 Å². The first-order valence-corrected chi connectivity index (χ1v) is 4.68. The Morgan fingerprint density at radius 1 is 1.20 bits per heavy atom. The van der Waals surface area contributed by atoms with E-state index in [1.54, 1.807) is 0 Å². The monoisotopic (exact) mass is 202 g/mol. The molecule has 5 nitrogen and oxygen atoms in total. The van der Waals surface area contributed by atoms with Gasteiger partial charge in [0, 0.05) is 5.56 Å². The van der Waals surface area contributed by atoms with E-state index in [2.05, 4.69) is 27.3 Å². The van der Waals surface area contributed by atoms with Crippen molar-refractivity contribution in [2.24, 2.45) is 0 Å². The van der Waals surface area contributed by atoms with Crippen LogP contribution in [0.5, 0.6) is 0 Å². The summed E-state index contributed by atoms with van der Waals surface area (Å²) in [6.07, 6.45) is 0.991. The average molecular weight is 202 g/mol. The van der Waals surface area contributed by atoms with Crippen LogP contribution < -0.4 is 5.69 Å². The normalized spacial score (nSPS) is 10.2. The van der Waals surface area contributed by atoms with E-state index in [0.717, 1.165) is 12.0 Å². The zero-order valence-corrected chi connectivity index (χ0v) is 8.27. The Bertz CT molecular complexity index is 483. The van der Waals surface area contributed by atoms with Gasteiger partial charge in [0.15, 0.2) is 0 Å². The fourth-order valence-corrected chi connectivity index (χ4v) is 1.25. The summed E-state index contributed by atoms with van der Waals surface area (Å²) in [7, 11) is 0. The van der Waals surface area contributed by atoms with Gasteiger partial charge >= 0.3 is 5.69 Å². The molecule has 15 heavy (non-hydrogen) atoms. The largest absolute Gasteiger partial charge is 0.380 e. The van der Waals surface area contributed by atoms with Crippen LogP contribution in [0.15, 0.2) is 29.1 Å². The van der Waals surface area contributed by atoms with Gasteiger partial charge in [-0.05, 0) is 12.0 Å². The highest BCUT2D eigenvalue weighted by atomic mass is 16.1. The van der Waals surface area contributed by atoms with E-state index in [-0.39, 0.29) is 0 Å². The molecule has 0 aliphatic heterocycles. The zero-order valence-electron chi connectivity index (χ0n) is 8.27. The van der Waals surface area contributed by atoms with Gasteiger partial charge in [0.05, 0.1) is 0 Å². The van der Waals surface area contributed by atoms with Crippen LogP contribution in [0.1, 0.15) is 12.5 Å². The molecule has 1 N–H and O–H groups in total. The van der Waals surface area contributed by atoms with Gasteiger partial charge in [-0.15, -0.1) is 10.2 Å². The molecule has 0 saturated carbocycles. The maximum Gasteiger partial charge on any atom is 0.380 e. The molecule has 0 aliphatic carbocycles. The molecule has 0 atom stereocenters. The molecule has 0 amide bonds. The molecular formula is C10H10N4O. The second-order valence-corrected chi connectivity index (χ2v) is 3.10. The summed E-state index contributed by atoms with van der Waals surface area (Å²) in [4.78, 5) is 10.7. The highest BCUT2D eigenvalue weighted by Gasteiger charge is 2.01. The fourth-order valence-electron chi connectivity index (χ4n) is 1.25. The molecule has 0 bridgehead atoms. The van der Waals surface area contributed by atoms with Crippen molar-refractivity contribution < 1.29 is 0 Å². The predicted octanol–water partition coefficient (Wildman–Crippen LogP) is 0.789. The maximum absolute atomic E-state index is 10.7. The van der Waals surface area contributed by atoms with Crippen molar-refractivity contribution in [2.75, 3.05) is 0 Å². The van der Waals surface area contributed by atoms with Crippen LogP contribution in [0.2, 0.25) is 0 Å². The molecule has 2 rings (SSSR count). The first-order valence-electron chi connectivity index (χ1n) is 4.68. The molecular weight excluding hydrogens is 192 g/mol. The van der Waals surface area contributed by atoms with Gasteiger partial charge in [-0.1, -0.05) is 36.3 Å². The van der Waals surface area contributed by atoms with Crippen LogP contribution >= 0.6 is 0 Å². The second-order valence-electron chi connectivity index (χ2n) is 3.10. The number of nitrogens with zero attached hydrogens (tertiary/aromatic N) is 3. The smallest absolute Gasteiger partial charge is 0.243 e. The number of aromatic amines is 1. The first-order chi connectivity index (χ1) is 7.29. The van der Waals surface area contributed by atoms with Crippen LogP contribution in [-0.4, -0.2) is 20.4 Å². The van der Waals surface area contributed by atoms with Gasteiger partial charge in [0.1, 0.15) is 0 Å². The predicted molar refractivity (Wildman–Crippen MR) is 55.3 cm³/mol. The zero-order chi connectivity index (χ0) is 10.7. The van der Waals surface area contributed by atoms with Crippen LogP contribution in [0.3, 0.4) is 0 Å². The van der Waals surface area contributed by atoms with Crippen molar-refractivity contribution in [1.29, 1.82) is 0 Å². The van der Waals surface area contributed by atoms with Crippen molar-refractivity contribution >= 4 is 0 Å². The lowest BCUT2D eigenvalue weighted by Crippen LogP contribution is -2.14. The number of H-pyrrole nitrogens is 1. The molecule has 0 aliphatic rings. The summed E-state index contributed by atoms with van der Waals surface area (Å²) >= 11 is 0. The van der Waals surface area contributed by atoms with Gasteiger partial charge < -0.3 is 0 Å². The Labute approximate surface area is 86.2 Å². The minimum atomic E-state index is -0.538. The Kier molecular flexibility index (Phi) is 2.53. The van der Waals surface area contributed by atoms with Crippen molar-refractivity contribution in [3.05, 3.63) is 40.3 Å². The summed E-state index contributed by atoms with van der Waals surface area (Å²) < 4.78 is 0. The summed E-state index contributed by atoms with van der Waals surface area (Å²) in [5, 5.41) is 13.1. The van der Waals surface area contributed by atoms with Crippen LogP contribution in [0.4, 0.5) is 0 Å². The topological polar surface area (TPSA) is 71.5 Å². The van der Waals surface area contributed by atoms with Crippen molar-refractivity contribution in [2.45, 2.75) is 13.3 Å². The van der Waals surface area contributed by atoms with E-state index in [4.69, 9.17) is 0 Å². The van der Waals surface area contributed by atoms with Crippen LogP contribution in [0.25, 0.3) is 11.4 Å².